The van der Waals surface area contributed by atoms with E-state index in [-0.39, 0.29) is 12.0 Å². The molecule has 1 aromatic carbocycles. The highest BCUT2D eigenvalue weighted by Crippen LogP contribution is 2.38. The molecule has 174 valence electrons. The topological polar surface area (TPSA) is 75.1 Å². The minimum atomic E-state index is 0.199. The molecule has 0 amide bonds. The predicted octanol–water partition coefficient (Wildman–Crippen LogP) is 3.77. The molecule has 0 aromatic heterocycles. The summed E-state index contributed by atoms with van der Waals surface area (Å²) < 4.78 is 11.5. The molecule has 0 bridgehead atoms. The van der Waals surface area contributed by atoms with Gasteiger partial charge in [0.25, 0.3) is 0 Å². The highest BCUT2D eigenvalue weighted by atomic mass is 16.5. The number of nitrogens with one attached hydrogen (secondary N) is 2. The number of guanidine groups is 1. The fraction of sp³-hybridized carbons (Fsp3) is 0.720. The molecule has 1 saturated heterocycles. The molecular weight excluding hydrogens is 390 g/mol. The maximum absolute atomic E-state index is 9.57. The molecule has 2 aliphatic rings. The fourth-order valence-corrected chi connectivity index (χ4v) is 4.71. The first kappa shape index (κ1) is 24.0. The number of ether oxygens (including phenoxy) is 2. The summed E-state index contributed by atoms with van der Waals surface area (Å²) in [6.07, 6.45) is 9.37. The van der Waals surface area contributed by atoms with E-state index in [9.17, 15) is 5.11 Å². The van der Waals surface area contributed by atoms with Gasteiger partial charge in [0.05, 0.1) is 19.3 Å². The maximum atomic E-state index is 9.57. The van der Waals surface area contributed by atoms with Crippen molar-refractivity contribution in [3.8, 4) is 0 Å². The van der Waals surface area contributed by atoms with Crippen molar-refractivity contribution in [3.05, 3.63) is 35.4 Å². The zero-order valence-electron chi connectivity index (χ0n) is 19.2. The van der Waals surface area contributed by atoms with Crippen LogP contribution in [0.3, 0.4) is 0 Å². The minimum Gasteiger partial charge on any atom is -0.396 e. The first-order valence-corrected chi connectivity index (χ1v) is 12.1. The van der Waals surface area contributed by atoms with Gasteiger partial charge in [-0.15, -0.1) is 0 Å². The number of aliphatic imine (C=N–C) groups is 1. The monoisotopic (exact) mass is 431 g/mol. The first-order valence-electron chi connectivity index (χ1n) is 12.1. The van der Waals surface area contributed by atoms with Crippen LogP contribution in [0.1, 0.15) is 69.4 Å². The maximum Gasteiger partial charge on any atom is 0.191 e. The molecule has 3 rings (SSSR count). The van der Waals surface area contributed by atoms with Crippen molar-refractivity contribution in [3.63, 3.8) is 0 Å². The van der Waals surface area contributed by atoms with Crippen molar-refractivity contribution in [1.82, 2.24) is 10.6 Å². The lowest BCUT2D eigenvalue weighted by Crippen LogP contribution is -2.44. The van der Waals surface area contributed by atoms with Gasteiger partial charge in [-0.2, -0.15) is 0 Å². The highest BCUT2D eigenvalue weighted by molar-refractivity contribution is 5.79. The van der Waals surface area contributed by atoms with Crippen LogP contribution in [-0.4, -0.2) is 50.1 Å². The summed E-state index contributed by atoms with van der Waals surface area (Å²) in [4.78, 5) is 4.83. The van der Waals surface area contributed by atoms with Crippen molar-refractivity contribution >= 4 is 5.96 Å². The van der Waals surface area contributed by atoms with Gasteiger partial charge in [-0.05, 0) is 55.6 Å². The Bertz CT molecular complexity index is 662. The van der Waals surface area contributed by atoms with Gasteiger partial charge < -0.3 is 25.2 Å². The zero-order valence-corrected chi connectivity index (χ0v) is 19.2. The molecule has 0 atom stereocenters. The number of rotatable bonds is 10. The number of hydrogen-bond acceptors (Lipinski definition) is 4. The fourth-order valence-electron chi connectivity index (χ4n) is 4.71. The normalized spacial score (nSPS) is 19.9. The molecule has 0 spiro atoms. The van der Waals surface area contributed by atoms with Crippen LogP contribution >= 0.6 is 0 Å². The summed E-state index contributed by atoms with van der Waals surface area (Å²) in [5, 5.41) is 16.5. The summed E-state index contributed by atoms with van der Waals surface area (Å²) in [5.41, 5.74) is 2.58. The molecule has 2 fully saturated rings. The van der Waals surface area contributed by atoms with Crippen molar-refractivity contribution in [2.24, 2.45) is 10.4 Å². The lowest BCUT2D eigenvalue weighted by atomic mass is 9.72. The van der Waals surface area contributed by atoms with E-state index in [0.717, 1.165) is 51.5 Å². The van der Waals surface area contributed by atoms with Gasteiger partial charge >= 0.3 is 0 Å². The summed E-state index contributed by atoms with van der Waals surface area (Å²) in [6, 6.07) is 8.53. The Labute approximate surface area is 187 Å². The van der Waals surface area contributed by atoms with Gasteiger partial charge in [0.1, 0.15) is 0 Å². The largest absolute Gasteiger partial charge is 0.396 e. The quantitative estimate of drug-likeness (QED) is 0.388. The highest BCUT2D eigenvalue weighted by Gasteiger charge is 2.31. The number of hydrogen-bond donors (Lipinski definition) is 3. The summed E-state index contributed by atoms with van der Waals surface area (Å²) >= 11 is 0. The van der Waals surface area contributed by atoms with Crippen LogP contribution in [0.5, 0.6) is 0 Å². The number of aliphatic hydroxyl groups excluding tert-OH is 1. The molecule has 0 unspecified atom stereocenters. The van der Waals surface area contributed by atoms with Gasteiger partial charge in [-0.3, -0.25) is 0 Å². The van der Waals surface area contributed by atoms with E-state index in [4.69, 9.17) is 14.5 Å². The Morgan fingerprint density at radius 3 is 2.68 bits per heavy atom. The Morgan fingerprint density at radius 1 is 1.16 bits per heavy atom. The number of nitrogens with zero attached hydrogens (tertiary/aromatic N) is 1. The molecule has 1 saturated carbocycles. The molecule has 1 aliphatic carbocycles. The Balaban J connectivity index is 1.54. The standard InChI is InChI=1S/C25H41N3O3/c1-2-26-24(28-20-25(13-14-29)11-4-3-5-12-25)27-18-21-7-6-8-22(17-21)19-31-23-9-15-30-16-10-23/h6-8,17,23,29H,2-5,9-16,18-20H2,1H3,(H2,26,27,28). The molecule has 31 heavy (non-hydrogen) atoms. The lowest BCUT2D eigenvalue weighted by molar-refractivity contribution is -0.0390. The number of benzene rings is 1. The van der Waals surface area contributed by atoms with Crippen LogP contribution in [0.15, 0.2) is 29.3 Å². The molecule has 3 N–H and O–H groups in total. The molecule has 1 aliphatic heterocycles. The van der Waals surface area contributed by atoms with E-state index in [2.05, 4.69) is 41.8 Å². The van der Waals surface area contributed by atoms with Crippen molar-refractivity contribution in [2.75, 3.05) is 32.9 Å². The van der Waals surface area contributed by atoms with E-state index in [1.165, 1.54) is 43.2 Å². The summed E-state index contributed by atoms with van der Waals surface area (Å²) in [7, 11) is 0. The third kappa shape index (κ3) is 8.09. The molecule has 0 radical (unpaired) electrons. The van der Waals surface area contributed by atoms with Crippen LogP contribution < -0.4 is 10.6 Å². The van der Waals surface area contributed by atoms with Gasteiger partial charge in [-0.1, -0.05) is 43.5 Å². The minimum absolute atomic E-state index is 0.199. The van der Waals surface area contributed by atoms with Gasteiger partial charge in [0.2, 0.25) is 0 Å². The van der Waals surface area contributed by atoms with Gasteiger partial charge in [0.15, 0.2) is 5.96 Å². The van der Waals surface area contributed by atoms with Crippen molar-refractivity contribution < 1.29 is 14.6 Å². The van der Waals surface area contributed by atoms with E-state index in [1.54, 1.807) is 0 Å². The summed E-state index contributed by atoms with van der Waals surface area (Å²) in [5.74, 6) is 0.856. The first-order chi connectivity index (χ1) is 15.2. The van der Waals surface area contributed by atoms with Gasteiger partial charge in [0, 0.05) is 32.9 Å². The smallest absolute Gasteiger partial charge is 0.191 e. The average Bonchev–Trinajstić information content (AvgIpc) is 2.81. The predicted molar refractivity (Wildman–Crippen MR) is 125 cm³/mol. The number of aliphatic hydroxyl groups is 1. The van der Waals surface area contributed by atoms with E-state index < -0.39 is 0 Å². The second-order valence-corrected chi connectivity index (χ2v) is 9.03. The lowest BCUT2D eigenvalue weighted by Gasteiger charge is -2.37. The zero-order chi connectivity index (χ0) is 21.8. The second kappa shape index (κ2) is 13.0. The Hall–Kier alpha value is -1.63. The van der Waals surface area contributed by atoms with Crippen molar-refractivity contribution in [2.45, 2.75) is 77.5 Å². The second-order valence-electron chi connectivity index (χ2n) is 9.03. The van der Waals surface area contributed by atoms with Crippen molar-refractivity contribution in [1.29, 1.82) is 0 Å². The molecule has 1 heterocycles. The average molecular weight is 432 g/mol. The van der Waals surface area contributed by atoms with Crippen LogP contribution in [0.25, 0.3) is 0 Å². The third-order valence-corrected chi connectivity index (χ3v) is 6.60. The Kier molecular flexibility index (Phi) is 10.1. The van der Waals surface area contributed by atoms with Gasteiger partial charge in [-0.25, -0.2) is 4.99 Å². The van der Waals surface area contributed by atoms with E-state index in [1.807, 2.05) is 0 Å². The molecule has 1 aromatic rings. The third-order valence-electron chi connectivity index (χ3n) is 6.60. The van der Waals surface area contributed by atoms with E-state index in [0.29, 0.717) is 19.3 Å². The van der Waals surface area contributed by atoms with Crippen LogP contribution in [-0.2, 0) is 22.6 Å². The molecular formula is C25H41N3O3. The van der Waals surface area contributed by atoms with Crippen LogP contribution in [0.2, 0.25) is 0 Å². The summed E-state index contributed by atoms with van der Waals surface area (Å²) in [6.45, 7) is 6.94. The van der Waals surface area contributed by atoms with Crippen LogP contribution in [0, 0.1) is 5.41 Å². The SMILES string of the molecule is CCNC(=NCc1cccc(COC2CCOCC2)c1)NCC1(CCO)CCCCC1. The van der Waals surface area contributed by atoms with E-state index >= 15 is 0 Å². The molecule has 6 heteroatoms. The molecule has 6 nitrogen and oxygen atoms in total. The van der Waals surface area contributed by atoms with Crippen LogP contribution in [0.4, 0.5) is 0 Å². The Morgan fingerprint density at radius 2 is 1.94 bits per heavy atom.